The smallest absolute Gasteiger partial charge is 0.246 e. The van der Waals surface area contributed by atoms with E-state index in [-0.39, 0.29) is 18.1 Å². The molecule has 3 N–H and O–H groups in total. The summed E-state index contributed by atoms with van der Waals surface area (Å²) in [5.74, 6) is 0.415. The molecule has 0 aliphatic heterocycles. The van der Waals surface area contributed by atoms with Gasteiger partial charge in [0.15, 0.2) is 0 Å². The maximum atomic E-state index is 11.7. The normalized spacial score (nSPS) is 30.1. The van der Waals surface area contributed by atoms with Gasteiger partial charge in [0.25, 0.3) is 0 Å². The fraction of sp³-hybridized carbons (Fsp3) is 0.917. The van der Waals surface area contributed by atoms with Gasteiger partial charge in [-0.15, -0.1) is 0 Å². The number of nitrogens with two attached hydrogens (primary N) is 1. The molecule has 0 radical (unpaired) electrons. The molecule has 0 aromatic rings. The Hall–Kier alpha value is -0.610. The molecule has 1 rings (SSSR count). The van der Waals surface area contributed by atoms with Gasteiger partial charge in [-0.05, 0) is 25.7 Å². The second-order valence-corrected chi connectivity index (χ2v) is 4.69. The predicted molar refractivity (Wildman–Crippen MR) is 64.1 cm³/mol. The zero-order chi connectivity index (χ0) is 12.0. The zero-order valence-corrected chi connectivity index (χ0v) is 10.4. The van der Waals surface area contributed by atoms with Crippen LogP contribution < -0.4 is 11.1 Å². The SMILES string of the molecule is CCOCC(=O)NC1(CN)CCCCC1C. The second kappa shape index (κ2) is 6.21. The van der Waals surface area contributed by atoms with Crippen molar-refractivity contribution in [2.24, 2.45) is 11.7 Å². The van der Waals surface area contributed by atoms with E-state index in [4.69, 9.17) is 10.5 Å². The van der Waals surface area contributed by atoms with Gasteiger partial charge in [-0.3, -0.25) is 4.79 Å². The van der Waals surface area contributed by atoms with Crippen LogP contribution in [0.3, 0.4) is 0 Å². The average Bonchev–Trinajstić information content (AvgIpc) is 2.29. The van der Waals surface area contributed by atoms with Gasteiger partial charge in [0, 0.05) is 13.2 Å². The van der Waals surface area contributed by atoms with Crippen molar-refractivity contribution in [1.82, 2.24) is 5.32 Å². The minimum atomic E-state index is -0.202. The molecule has 0 saturated heterocycles. The quantitative estimate of drug-likeness (QED) is 0.739. The first-order valence-electron chi connectivity index (χ1n) is 6.23. The standard InChI is InChI=1S/C12H24N2O2/c1-3-16-8-11(15)14-12(9-13)7-5-4-6-10(12)2/h10H,3-9,13H2,1-2H3,(H,14,15). The summed E-state index contributed by atoms with van der Waals surface area (Å²) in [7, 11) is 0. The molecule has 0 heterocycles. The van der Waals surface area contributed by atoms with E-state index in [1.165, 1.54) is 6.42 Å². The minimum Gasteiger partial charge on any atom is -0.372 e. The van der Waals surface area contributed by atoms with Crippen LogP contribution in [-0.2, 0) is 9.53 Å². The van der Waals surface area contributed by atoms with E-state index in [9.17, 15) is 4.79 Å². The molecule has 4 nitrogen and oxygen atoms in total. The molecule has 1 fully saturated rings. The lowest BCUT2D eigenvalue weighted by atomic mass is 9.73. The van der Waals surface area contributed by atoms with Crippen LogP contribution in [0.5, 0.6) is 0 Å². The lowest BCUT2D eigenvalue weighted by molar-refractivity contribution is -0.128. The van der Waals surface area contributed by atoms with E-state index in [1.54, 1.807) is 0 Å². The van der Waals surface area contributed by atoms with E-state index in [1.807, 2.05) is 6.92 Å². The molecule has 2 atom stereocenters. The summed E-state index contributed by atoms with van der Waals surface area (Å²) >= 11 is 0. The number of amides is 1. The van der Waals surface area contributed by atoms with Crippen molar-refractivity contribution in [2.45, 2.75) is 45.1 Å². The molecule has 1 amide bonds. The van der Waals surface area contributed by atoms with Crippen LogP contribution in [0.2, 0.25) is 0 Å². The molecule has 16 heavy (non-hydrogen) atoms. The second-order valence-electron chi connectivity index (χ2n) is 4.69. The molecule has 4 heteroatoms. The lowest BCUT2D eigenvalue weighted by Crippen LogP contribution is -2.59. The number of hydrogen-bond acceptors (Lipinski definition) is 3. The maximum Gasteiger partial charge on any atom is 0.246 e. The number of ether oxygens (including phenoxy) is 1. The van der Waals surface area contributed by atoms with Crippen molar-refractivity contribution < 1.29 is 9.53 Å². The average molecular weight is 228 g/mol. The van der Waals surface area contributed by atoms with Crippen molar-refractivity contribution >= 4 is 5.91 Å². The van der Waals surface area contributed by atoms with E-state index < -0.39 is 0 Å². The van der Waals surface area contributed by atoms with E-state index in [0.29, 0.717) is 19.1 Å². The monoisotopic (exact) mass is 228 g/mol. The highest BCUT2D eigenvalue weighted by atomic mass is 16.5. The Morgan fingerprint density at radius 3 is 2.88 bits per heavy atom. The molecule has 0 aromatic heterocycles. The first-order chi connectivity index (χ1) is 7.64. The van der Waals surface area contributed by atoms with Crippen LogP contribution in [-0.4, -0.2) is 31.2 Å². The Morgan fingerprint density at radius 1 is 1.56 bits per heavy atom. The summed E-state index contributed by atoms with van der Waals surface area (Å²) < 4.78 is 5.11. The van der Waals surface area contributed by atoms with Crippen LogP contribution in [0.15, 0.2) is 0 Å². The summed E-state index contributed by atoms with van der Waals surface area (Å²) in [4.78, 5) is 11.7. The summed E-state index contributed by atoms with van der Waals surface area (Å²) in [5, 5.41) is 3.08. The van der Waals surface area contributed by atoms with Crippen molar-refractivity contribution in [2.75, 3.05) is 19.8 Å². The molecular formula is C12H24N2O2. The Labute approximate surface area is 97.9 Å². The lowest BCUT2D eigenvalue weighted by Gasteiger charge is -2.42. The topological polar surface area (TPSA) is 64.3 Å². The molecule has 0 spiro atoms. The van der Waals surface area contributed by atoms with Gasteiger partial charge in [0.05, 0.1) is 5.54 Å². The van der Waals surface area contributed by atoms with Crippen molar-refractivity contribution in [3.63, 3.8) is 0 Å². The van der Waals surface area contributed by atoms with E-state index in [0.717, 1.165) is 19.3 Å². The van der Waals surface area contributed by atoms with E-state index in [2.05, 4.69) is 12.2 Å². The molecule has 1 aliphatic carbocycles. The van der Waals surface area contributed by atoms with E-state index >= 15 is 0 Å². The highest BCUT2D eigenvalue weighted by Gasteiger charge is 2.38. The third-order valence-corrected chi connectivity index (χ3v) is 3.64. The van der Waals surface area contributed by atoms with Gasteiger partial charge < -0.3 is 15.8 Å². The maximum absolute atomic E-state index is 11.7. The van der Waals surface area contributed by atoms with Gasteiger partial charge >= 0.3 is 0 Å². The van der Waals surface area contributed by atoms with Crippen LogP contribution in [0.1, 0.15) is 39.5 Å². The van der Waals surface area contributed by atoms with Gasteiger partial charge in [-0.2, -0.15) is 0 Å². The molecular weight excluding hydrogens is 204 g/mol. The Balaban J connectivity index is 2.54. The van der Waals surface area contributed by atoms with Crippen LogP contribution in [0, 0.1) is 5.92 Å². The summed E-state index contributed by atoms with van der Waals surface area (Å²) in [6.07, 6.45) is 4.52. The minimum absolute atomic E-state index is 0.0407. The van der Waals surface area contributed by atoms with Crippen LogP contribution in [0.25, 0.3) is 0 Å². The molecule has 94 valence electrons. The van der Waals surface area contributed by atoms with Crippen molar-refractivity contribution in [3.8, 4) is 0 Å². The van der Waals surface area contributed by atoms with Gasteiger partial charge in [-0.1, -0.05) is 19.8 Å². The Bertz CT molecular complexity index is 233. The largest absolute Gasteiger partial charge is 0.372 e. The highest BCUT2D eigenvalue weighted by molar-refractivity contribution is 5.78. The molecule has 0 aromatic carbocycles. The van der Waals surface area contributed by atoms with Gasteiger partial charge in [0.1, 0.15) is 6.61 Å². The molecule has 1 saturated carbocycles. The number of rotatable bonds is 5. The van der Waals surface area contributed by atoms with Crippen LogP contribution in [0.4, 0.5) is 0 Å². The number of hydrogen-bond donors (Lipinski definition) is 2. The highest BCUT2D eigenvalue weighted by Crippen LogP contribution is 2.32. The summed E-state index contributed by atoms with van der Waals surface area (Å²) in [5.41, 5.74) is 5.65. The number of carbonyl (C=O) groups excluding carboxylic acids is 1. The zero-order valence-electron chi connectivity index (χ0n) is 10.4. The predicted octanol–water partition coefficient (Wildman–Crippen LogP) is 1.05. The number of carbonyl (C=O) groups is 1. The summed E-state index contributed by atoms with van der Waals surface area (Å²) in [6.45, 7) is 5.29. The fourth-order valence-electron chi connectivity index (χ4n) is 2.46. The summed E-state index contributed by atoms with van der Waals surface area (Å²) in [6, 6.07) is 0. The van der Waals surface area contributed by atoms with Crippen molar-refractivity contribution in [1.29, 1.82) is 0 Å². The molecule has 2 unspecified atom stereocenters. The number of nitrogens with one attached hydrogen (secondary N) is 1. The third-order valence-electron chi connectivity index (χ3n) is 3.64. The first-order valence-corrected chi connectivity index (χ1v) is 6.23. The Morgan fingerprint density at radius 2 is 2.31 bits per heavy atom. The Kier molecular flexibility index (Phi) is 5.22. The molecule has 0 bridgehead atoms. The van der Waals surface area contributed by atoms with Crippen LogP contribution >= 0.6 is 0 Å². The van der Waals surface area contributed by atoms with Gasteiger partial charge in [0.2, 0.25) is 5.91 Å². The molecule has 1 aliphatic rings. The fourth-order valence-corrected chi connectivity index (χ4v) is 2.46. The third kappa shape index (κ3) is 3.19. The first kappa shape index (κ1) is 13.5. The van der Waals surface area contributed by atoms with Gasteiger partial charge in [-0.25, -0.2) is 0 Å². The van der Waals surface area contributed by atoms with Crippen molar-refractivity contribution in [3.05, 3.63) is 0 Å².